The van der Waals surface area contributed by atoms with Gasteiger partial charge in [-0.1, -0.05) is 12.8 Å². The predicted molar refractivity (Wildman–Crippen MR) is 56.4 cm³/mol. The highest BCUT2D eigenvalue weighted by atomic mass is 16.3. The van der Waals surface area contributed by atoms with Crippen molar-refractivity contribution in [3.05, 3.63) is 23.7 Å². The van der Waals surface area contributed by atoms with Crippen LogP contribution in [0.15, 0.2) is 16.7 Å². The normalized spacial score (nSPS) is 10.4. The van der Waals surface area contributed by atoms with Crippen LogP contribution in [0.2, 0.25) is 0 Å². The van der Waals surface area contributed by atoms with Gasteiger partial charge in [-0.2, -0.15) is 0 Å². The van der Waals surface area contributed by atoms with Gasteiger partial charge >= 0.3 is 0 Å². The Morgan fingerprint density at radius 1 is 1.64 bits per heavy atom. The van der Waals surface area contributed by atoms with Gasteiger partial charge in [-0.3, -0.25) is 4.90 Å². The number of nitrogens with zero attached hydrogens (tertiary/aromatic N) is 1. The zero-order chi connectivity index (χ0) is 10.4. The molecule has 1 aromatic rings. The van der Waals surface area contributed by atoms with Crippen LogP contribution in [0, 0.1) is 12.3 Å². The monoisotopic (exact) mass is 192 g/mol. The van der Waals surface area contributed by atoms with Crippen molar-refractivity contribution < 1.29 is 4.42 Å². The maximum absolute atomic E-state index is 5.53. The Morgan fingerprint density at radius 2 is 2.43 bits per heavy atom. The molecule has 0 spiro atoms. The second kappa shape index (κ2) is 5.48. The van der Waals surface area contributed by atoms with Gasteiger partial charge in [0.05, 0.1) is 19.4 Å². The average Bonchev–Trinajstić information content (AvgIpc) is 2.64. The molecule has 2 N–H and O–H groups in total. The lowest BCUT2D eigenvalue weighted by Gasteiger charge is -2.16. The van der Waals surface area contributed by atoms with Crippen LogP contribution in [0.4, 0.5) is 0 Å². The fraction of sp³-hybridized carbons (Fsp3) is 0.455. The van der Waals surface area contributed by atoms with E-state index < -0.39 is 0 Å². The molecule has 1 rings (SSSR count). The number of hydrogen-bond donors (Lipinski definition) is 1. The van der Waals surface area contributed by atoms with Crippen LogP contribution in [0.3, 0.4) is 0 Å². The van der Waals surface area contributed by atoms with E-state index in [1.54, 1.807) is 6.26 Å². The second-order valence-corrected chi connectivity index (χ2v) is 3.08. The third kappa shape index (κ3) is 2.63. The zero-order valence-electron chi connectivity index (χ0n) is 8.49. The maximum Gasteiger partial charge on any atom is 0.121 e. The van der Waals surface area contributed by atoms with E-state index in [1.165, 1.54) is 0 Å². The van der Waals surface area contributed by atoms with Gasteiger partial charge in [-0.25, -0.2) is 0 Å². The Bertz CT molecular complexity index is 311. The van der Waals surface area contributed by atoms with E-state index in [0.717, 1.165) is 24.4 Å². The Kier molecular flexibility index (Phi) is 4.24. The van der Waals surface area contributed by atoms with Crippen LogP contribution in [-0.2, 0) is 13.1 Å². The summed E-state index contributed by atoms with van der Waals surface area (Å²) in [7, 11) is 0. The molecular formula is C11H16N2O. The van der Waals surface area contributed by atoms with E-state index in [9.17, 15) is 0 Å². The molecule has 0 aliphatic heterocycles. The van der Waals surface area contributed by atoms with E-state index in [2.05, 4.69) is 17.7 Å². The minimum Gasteiger partial charge on any atom is -0.468 e. The first kappa shape index (κ1) is 10.8. The Balaban J connectivity index is 2.62. The van der Waals surface area contributed by atoms with Gasteiger partial charge < -0.3 is 10.2 Å². The van der Waals surface area contributed by atoms with Gasteiger partial charge in [-0.05, 0) is 12.6 Å². The van der Waals surface area contributed by atoms with Crippen molar-refractivity contribution in [3.8, 4) is 12.3 Å². The lowest BCUT2D eigenvalue weighted by molar-refractivity contribution is 0.312. The molecule has 0 amide bonds. The molecular weight excluding hydrogens is 176 g/mol. The zero-order valence-corrected chi connectivity index (χ0v) is 8.49. The molecule has 0 unspecified atom stereocenters. The summed E-state index contributed by atoms with van der Waals surface area (Å²) >= 11 is 0. The summed E-state index contributed by atoms with van der Waals surface area (Å²) < 4.78 is 5.23. The smallest absolute Gasteiger partial charge is 0.121 e. The molecule has 3 heteroatoms. The Morgan fingerprint density at radius 3 is 3.00 bits per heavy atom. The van der Waals surface area contributed by atoms with Crippen LogP contribution < -0.4 is 5.73 Å². The van der Waals surface area contributed by atoms with Crippen LogP contribution in [0.5, 0.6) is 0 Å². The molecule has 0 atom stereocenters. The van der Waals surface area contributed by atoms with Gasteiger partial charge in [0.1, 0.15) is 5.76 Å². The summed E-state index contributed by atoms with van der Waals surface area (Å²) in [6.45, 7) is 4.92. The fourth-order valence-corrected chi connectivity index (χ4v) is 1.34. The molecule has 3 nitrogen and oxygen atoms in total. The van der Waals surface area contributed by atoms with Gasteiger partial charge in [0.2, 0.25) is 0 Å². The fourth-order valence-electron chi connectivity index (χ4n) is 1.34. The maximum atomic E-state index is 5.53. The van der Waals surface area contributed by atoms with Crippen molar-refractivity contribution in [2.75, 3.05) is 13.1 Å². The third-order valence-electron chi connectivity index (χ3n) is 2.18. The lowest BCUT2D eigenvalue weighted by Crippen LogP contribution is -2.23. The molecule has 0 fully saturated rings. The minimum absolute atomic E-state index is 0.440. The Hall–Kier alpha value is -1.24. The molecule has 0 aromatic carbocycles. The molecule has 1 heterocycles. The second-order valence-electron chi connectivity index (χ2n) is 3.08. The first-order valence-corrected chi connectivity index (χ1v) is 4.73. The van der Waals surface area contributed by atoms with E-state index in [-0.39, 0.29) is 0 Å². The van der Waals surface area contributed by atoms with Crippen molar-refractivity contribution in [1.82, 2.24) is 4.90 Å². The molecule has 0 saturated carbocycles. The summed E-state index contributed by atoms with van der Waals surface area (Å²) in [6.07, 6.45) is 6.93. The molecule has 1 aromatic heterocycles. The Labute approximate surface area is 84.9 Å². The third-order valence-corrected chi connectivity index (χ3v) is 2.18. The van der Waals surface area contributed by atoms with Gasteiger partial charge in [0.25, 0.3) is 0 Å². The van der Waals surface area contributed by atoms with Crippen LogP contribution in [0.25, 0.3) is 0 Å². The van der Waals surface area contributed by atoms with Crippen molar-refractivity contribution in [1.29, 1.82) is 0 Å². The number of rotatable bonds is 5. The highest BCUT2D eigenvalue weighted by Gasteiger charge is 2.08. The quantitative estimate of drug-likeness (QED) is 0.713. The summed E-state index contributed by atoms with van der Waals surface area (Å²) in [5.74, 6) is 3.48. The summed E-state index contributed by atoms with van der Waals surface area (Å²) in [5, 5.41) is 0. The van der Waals surface area contributed by atoms with E-state index in [0.29, 0.717) is 13.1 Å². The minimum atomic E-state index is 0.440. The van der Waals surface area contributed by atoms with Gasteiger partial charge in [-0.15, -0.1) is 6.42 Å². The van der Waals surface area contributed by atoms with Gasteiger partial charge in [0, 0.05) is 12.1 Å². The molecule has 14 heavy (non-hydrogen) atoms. The van der Waals surface area contributed by atoms with Crippen molar-refractivity contribution in [3.63, 3.8) is 0 Å². The summed E-state index contributed by atoms with van der Waals surface area (Å²) in [6, 6.07) is 1.95. The molecule has 0 aliphatic rings. The van der Waals surface area contributed by atoms with Crippen molar-refractivity contribution in [2.45, 2.75) is 20.0 Å². The molecule has 0 radical (unpaired) electrons. The predicted octanol–water partition coefficient (Wildman–Crippen LogP) is 1.19. The molecule has 76 valence electrons. The van der Waals surface area contributed by atoms with Crippen LogP contribution in [0.1, 0.15) is 18.2 Å². The van der Waals surface area contributed by atoms with E-state index in [1.807, 2.05) is 6.07 Å². The average molecular weight is 192 g/mol. The number of terminal acetylenes is 1. The first-order valence-electron chi connectivity index (χ1n) is 4.73. The number of nitrogens with two attached hydrogens (primary N) is 1. The topological polar surface area (TPSA) is 42.4 Å². The molecule has 0 bridgehead atoms. The molecule has 0 saturated heterocycles. The number of furan rings is 1. The summed E-state index contributed by atoms with van der Waals surface area (Å²) in [4.78, 5) is 2.16. The number of hydrogen-bond acceptors (Lipinski definition) is 3. The van der Waals surface area contributed by atoms with E-state index in [4.69, 9.17) is 16.6 Å². The van der Waals surface area contributed by atoms with Crippen molar-refractivity contribution in [2.24, 2.45) is 5.73 Å². The van der Waals surface area contributed by atoms with Crippen LogP contribution >= 0.6 is 0 Å². The summed E-state index contributed by atoms with van der Waals surface area (Å²) in [5.41, 5.74) is 6.66. The van der Waals surface area contributed by atoms with Crippen LogP contribution in [-0.4, -0.2) is 18.0 Å². The van der Waals surface area contributed by atoms with Gasteiger partial charge in [0.15, 0.2) is 0 Å². The van der Waals surface area contributed by atoms with E-state index >= 15 is 0 Å². The van der Waals surface area contributed by atoms with Crippen molar-refractivity contribution >= 4 is 0 Å². The molecule has 0 aliphatic carbocycles. The largest absolute Gasteiger partial charge is 0.468 e. The first-order chi connectivity index (χ1) is 6.81. The standard InChI is InChI=1S/C11H16N2O/c1-3-6-13(4-2)9-10-5-7-14-11(10)8-12/h1,5,7H,4,6,8-9,12H2,2H3. The SMILES string of the molecule is C#CCN(CC)Cc1ccoc1CN. The lowest BCUT2D eigenvalue weighted by atomic mass is 10.2. The highest BCUT2D eigenvalue weighted by Crippen LogP contribution is 2.12. The highest BCUT2D eigenvalue weighted by molar-refractivity contribution is 5.16.